The second-order valence-corrected chi connectivity index (χ2v) is 5.36. The summed E-state index contributed by atoms with van der Waals surface area (Å²) in [6.45, 7) is 2.06. The van der Waals surface area contributed by atoms with Gasteiger partial charge in [0.1, 0.15) is 17.5 Å². The van der Waals surface area contributed by atoms with Crippen molar-refractivity contribution in [1.82, 2.24) is 5.32 Å². The van der Waals surface area contributed by atoms with Crippen molar-refractivity contribution in [2.45, 2.75) is 19.5 Å². The molecule has 0 spiro atoms. The number of halogens is 4. The maximum Gasteiger partial charge on any atom is 0.127 e. The largest absolute Gasteiger partial charge is 0.306 e. The number of nitrogens with one attached hydrogen (secondary N) is 1. The van der Waals surface area contributed by atoms with Crippen LogP contribution in [0, 0.1) is 17.5 Å². The Morgan fingerprint density at radius 3 is 2.40 bits per heavy atom. The number of benzene rings is 2. The number of hydrogen-bond acceptors (Lipinski definition) is 1. The highest BCUT2D eigenvalue weighted by Gasteiger charge is 2.11. The predicted molar refractivity (Wildman–Crippen MR) is 75.7 cm³/mol. The van der Waals surface area contributed by atoms with Crippen molar-refractivity contribution in [1.29, 1.82) is 0 Å². The van der Waals surface area contributed by atoms with Crippen LogP contribution in [0.15, 0.2) is 40.9 Å². The normalized spacial score (nSPS) is 12.4. The highest BCUT2D eigenvalue weighted by Crippen LogP contribution is 2.24. The Balaban J connectivity index is 2.08. The van der Waals surface area contributed by atoms with Gasteiger partial charge in [0.25, 0.3) is 0 Å². The fraction of sp³-hybridized carbons (Fsp3) is 0.200. The third-order valence-electron chi connectivity index (χ3n) is 3.04. The molecule has 106 valence electrons. The summed E-state index contributed by atoms with van der Waals surface area (Å²) in [4.78, 5) is 0. The number of hydrogen-bond donors (Lipinski definition) is 1. The molecule has 1 N–H and O–H groups in total. The van der Waals surface area contributed by atoms with E-state index in [9.17, 15) is 13.2 Å². The summed E-state index contributed by atoms with van der Waals surface area (Å²) in [6, 6.07) is 7.60. The molecule has 0 aliphatic carbocycles. The van der Waals surface area contributed by atoms with Crippen LogP contribution in [0.2, 0.25) is 0 Å². The molecule has 1 unspecified atom stereocenters. The van der Waals surface area contributed by atoms with Crippen LogP contribution in [0.3, 0.4) is 0 Å². The highest BCUT2D eigenvalue weighted by atomic mass is 79.9. The molecule has 0 aliphatic rings. The van der Waals surface area contributed by atoms with Gasteiger partial charge < -0.3 is 5.32 Å². The monoisotopic (exact) mass is 343 g/mol. The standard InChI is InChI=1S/C15H13BrF3N/c1-9(13-4-2-12(18)7-14(13)16)20-8-10-6-11(17)3-5-15(10)19/h2-7,9,20H,8H2,1H3. The molecule has 0 saturated carbocycles. The Kier molecular flexibility index (Phi) is 4.83. The minimum atomic E-state index is -0.473. The Bertz CT molecular complexity index is 616. The Morgan fingerprint density at radius 1 is 1.05 bits per heavy atom. The van der Waals surface area contributed by atoms with E-state index >= 15 is 0 Å². The smallest absolute Gasteiger partial charge is 0.127 e. The summed E-state index contributed by atoms with van der Waals surface area (Å²) in [5.74, 6) is -1.26. The van der Waals surface area contributed by atoms with Crippen LogP contribution in [0.4, 0.5) is 13.2 Å². The van der Waals surface area contributed by atoms with Gasteiger partial charge in [-0.3, -0.25) is 0 Å². The topological polar surface area (TPSA) is 12.0 Å². The third-order valence-corrected chi connectivity index (χ3v) is 3.72. The zero-order chi connectivity index (χ0) is 14.7. The SMILES string of the molecule is CC(NCc1cc(F)ccc1F)c1ccc(F)cc1Br. The second kappa shape index (κ2) is 6.41. The van der Waals surface area contributed by atoms with Crippen molar-refractivity contribution in [3.05, 3.63) is 69.4 Å². The van der Waals surface area contributed by atoms with Gasteiger partial charge in [-0.2, -0.15) is 0 Å². The average Bonchev–Trinajstić information content (AvgIpc) is 2.39. The van der Waals surface area contributed by atoms with E-state index in [0.29, 0.717) is 4.47 Å². The molecule has 1 atom stereocenters. The highest BCUT2D eigenvalue weighted by molar-refractivity contribution is 9.10. The molecule has 2 aromatic carbocycles. The first-order valence-electron chi connectivity index (χ1n) is 6.09. The van der Waals surface area contributed by atoms with E-state index in [1.54, 1.807) is 6.07 Å². The first-order valence-corrected chi connectivity index (χ1v) is 6.89. The maximum absolute atomic E-state index is 13.5. The molecular formula is C15H13BrF3N. The molecule has 0 radical (unpaired) electrons. The van der Waals surface area contributed by atoms with Crippen LogP contribution >= 0.6 is 15.9 Å². The summed E-state index contributed by atoms with van der Waals surface area (Å²) >= 11 is 3.29. The van der Waals surface area contributed by atoms with Crippen molar-refractivity contribution in [2.24, 2.45) is 0 Å². The minimum absolute atomic E-state index is 0.132. The molecule has 0 bridgehead atoms. The van der Waals surface area contributed by atoms with Gasteiger partial charge in [-0.25, -0.2) is 13.2 Å². The van der Waals surface area contributed by atoms with Crippen molar-refractivity contribution in [2.75, 3.05) is 0 Å². The van der Waals surface area contributed by atoms with E-state index in [2.05, 4.69) is 21.2 Å². The van der Waals surface area contributed by atoms with Crippen molar-refractivity contribution < 1.29 is 13.2 Å². The summed E-state index contributed by atoms with van der Waals surface area (Å²) in [5, 5.41) is 3.08. The van der Waals surface area contributed by atoms with Crippen LogP contribution in [-0.4, -0.2) is 0 Å². The summed E-state index contributed by atoms with van der Waals surface area (Å²) in [7, 11) is 0. The molecule has 0 aliphatic heterocycles. The molecule has 2 aromatic rings. The molecule has 0 heterocycles. The lowest BCUT2D eigenvalue weighted by Crippen LogP contribution is -2.19. The lowest BCUT2D eigenvalue weighted by atomic mass is 10.1. The molecule has 0 amide bonds. The maximum atomic E-state index is 13.5. The van der Waals surface area contributed by atoms with Gasteiger partial charge >= 0.3 is 0 Å². The van der Waals surface area contributed by atoms with E-state index in [0.717, 1.165) is 23.8 Å². The Hall–Kier alpha value is -1.33. The summed E-state index contributed by atoms with van der Waals surface area (Å²) < 4.78 is 40.2. The van der Waals surface area contributed by atoms with Gasteiger partial charge in [0.15, 0.2) is 0 Å². The molecular weight excluding hydrogens is 331 g/mol. The van der Waals surface area contributed by atoms with E-state index in [1.807, 2.05) is 6.92 Å². The Morgan fingerprint density at radius 2 is 1.70 bits per heavy atom. The number of rotatable bonds is 4. The molecule has 0 aromatic heterocycles. The summed E-state index contributed by atoms with van der Waals surface area (Å²) in [6.07, 6.45) is 0. The van der Waals surface area contributed by atoms with Gasteiger partial charge in [0, 0.05) is 22.6 Å². The van der Waals surface area contributed by atoms with Crippen LogP contribution < -0.4 is 5.32 Å². The van der Waals surface area contributed by atoms with E-state index in [1.165, 1.54) is 12.1 Å². The zero-order valence-electron chi connectivity index (χ0n) is 10.8. The van der Waals surface area contributed by atoms with Gasteiger partial charge in [-0.1, -0.05) is 22.0 Å². The third kappa shape index (κ3) is 3.61. The quantitative estimate of drug-likeness (QED) is 0.847. The Labute approximate surface area is 123 Å². The molecule has 0 fully saturated rings. The second-order valence-electron chi connectivity index (χ2n) is 4.50. The molecule has 2 rings (SSSR count). The lowest BCUT2D eigenvalue weighted by Gasteiger charge is -2.16. The average molecular weight is 344 g/mol. The van der Waals surface area contributed by atoms with Gasteiger partial charge in [0.2, 0.25) is 0 Å². The van der Waals surface area contributed by atoms with Gasteiger partial charge in [-0.15, -0.1) is 0 Å². The van der Waals surface area contributed by atoms with E-state index in [-0.39, 0.29) is 24.0 Å². The van der Waals surface area contributed by atoms with Crippen molar-refractivity contribution >= 4 is 15.9 Å². The molecule has 5 heteroatoms. The fourth-order valence-electron chi connectivity index (χ4n) is 1.90. The van der Waals surface area contributed by atoms with Gasteiger partial charge in [-0.05, 0) is 42.8 Å². The molecule has 0 saturated heterocycles. The van der Waals surface area contributed by atoms with E-state index in [4.69, 9.17) is 0 Å². The van der Waals surface area contributed by atoms with Crippen LogP contribution in [0.25, 0.3) is 0 Å². The first-order chi connectivity index (χ1) is 9.47. The van der Waals surface area contributed by atoms with Crippen molar-refractivity contribution in [3.63, 3.8) is 0 Å². The first kappa shape index (κ1) is 15.1. The zero-order valence-corrected chi connectivity index (χ0v) is 12.3. The summed E-state index contributed by atoms with van der Waals surface area (Å²) in [5.41, 5.74) is 1.11. The van der Waals surface area contributed by atoms with Gasteiger partial charge in [0.05, 0.1) is 0 Å². The lowest BCUT2D eigenvalue weighted by molar-refractivity contribution is 0.533. The van der Waals surface area contributed by atoms with Crippen LogP contribution in [0.5, 0.6) is 0 Å². The van der Waals surface area contributed by atoms with Crippen LogP contribution in [-0.2, 0) is 6.54 Å². The van der Waals surface area contributed by atoms with E-state index < -0.39 is 11.6 Å². The molecule has 1 nitrogen and oxygen atoms in total. The fourth-order valence-corrected chi connectivity index (χ4v) is 2.60. The van der Waals surface area contributed by atoms with Crippen molar-refractivity contribution in [3.8, 4) is 0 Å². The minimum Gasteiger partial charge on any atom is -0.306 e. The predicted octanol–water partition coefficient (Wildman–Crippen LogP) is 4.72. The van der Waals surface area contributed by atoms with Crippen LogP contribution in [0.1, 0.15) is 24.1 Å². The molecule has 20 heavy (non-hydrogen) atoms.